The maximum absolute atomic E-state index is 11.9. The van der Waals surface area contributed by atoms with Crippen molar-refractivity contribution in [3.63, 3.8) is 0 Å². The summed E-state index contributed by atoms with van der Waals surface area (Å²) in [6.45, 7) is 2.49. The van der Waals surface area contributed by atoms with Crippen molar-refractivity contribution in [3.8, 4) is 0 Å². The molecule has 1 N–H and O–H groups in total. The number of carboxylic acids is 1. The fourth-order valence-corrected chi connectivity index (χ4v) is 3.30. The van der Waals surface area contributed by atoms with Crippen LogP contribution in [0.2, 0.25) is 0 Å². The molecular formula is C14H20N2O3. The maximum Gasteiger partial charge on any atom is 0.312 e. The number of aromatic nitrogens is 2. The van der Waals surface area contributed by atoms with Gasteiger partial charge in [-0.1, -0.05) is 0 Å². The van der Waals surface area contributed by atoms with Gasteiger partial charge in [0.15, 0.2) is 0 Å². The predicted molar refractivity (Wildman–Crippen MR) is 68.8 cm³/mol. The Bertz CT molecular complexity index is 507. The molecule has 19 heavy (non-hydrogen) atoms. The van der Waals surface area contributed by atoms with Crippen molar-refractivity contribution in [2.45, 2.75) is 38.7 Å². The van der Waals surface area contributed by atoms with Crippen LogP contribution in [0, 0.1) is 18.3 Å². The standard InChI is InChI=1S/C14H20N2O3/c1-9-7-11(16(2)15-9)8-14(13(17)18)5-6-19-12(14)10-3-4-10/h7,10,12H,3-6,8H2,1-2H3,(H,17,18). The van der Waals surface area contributed by atoms with Gasteiger partial charge in [0.1, 0.15) is 5.41 Å². The molecule has 104 valence electrons. The summed E-state index contributed by atoms with van der Waals surface area (Å²) in [7, 11) is 1.87. The summed E-state index contributed by atoms with van der Waals surface area (Å²) in [6.07, 6.45) is 3.20. The molecule has 1 aliphatic carbocycles. The van der Waals surface area contributed by atoms with Crippen molar-refractivity contribution in [3.05, 3.63) is 17.5 Å². The zero-order valence-electron chi connectivity index (χ0n) is 11.4. The van der Waals surface area contributed by atoms with Crippen LogP contribution >= 0.6 is 0 Å². The highest BCUT2D eigenvalue weighted by atomic mass is 16.5. The number of hydrogen-bond acceptors (Lipinski definition) is 3. The first-order valence-corrected chi connectivity index (χ1v) is 6.87. The second kappa shape index (κ2) is 4.34. The average molecular weight is 264 g/mol. The molecule has 0 amide bonds. The van der Waals surface area contributed by atoms with E-state index in [4.69, 9.17) is 4.74 Å². The Morgan fingerprint density at radius 2 is 2.37 bits per heavy atom. The molecule has 3 rings (SSSR count). The van der Waals surface area contributed by atoms with Crippen molar-refractivity contribution < 1.29 is 14.6 Å². The molecule has 2 heterocycles. The molecule has 2 unspecified atom stereocenters. The Labute approximate surface area is 112 Å². The second-order valence-electron chi connectivity index (χ2n) is 5.92. The topological polar surface area (TPSA) is 64.3 Å². The first-order chi connectivity index (χ1) is 9.03. The lowest BCUT2D eigenvalue weighted by Gasteiger charge is -2.29. The molecular weight excluding hydrogens is 244 g/mol. The average Bonchev–Trinajstić information content (AvgIpc) is 3.01. The van der Waals surface area contributed by atoms with E-state index < -0.39 is 11.4 Å². The van der Waals surface area contributed by atoms with Crippen LogP contribution < -0.4 is 0 Å². The largest absolute Gasteiger partial charge is 0.481 e. The SMILES string of the molecule is Cc1cc(CC2(C(=O)O)CCOC2C2CC2)n(C)n1. The smallest absolute Gasteiger partial charge is 0.312 e. The molecule has 0 aromatic carbocycles. The zero-order valence-corrected chi connectivity index (χ0v) is 11.4. The van der Waals surface area contributed by atoms with E-state index in [1.807, 2.05) is 20.0 Å². The van der Waals surface area contributed by atoms with Crippen LogP contribution in [0.25, 0.3) is 0 Å². The van der Waals surface area contributed by atoms with Crippen LogP contribution in [0.1, 0.15) is 30.7 Å². The number of ether oxygens (including phenoxy) is 1. The summed E-state index contributed by atoms with van der Waals surface area (Å²) in [4.78, 5) is 11.9. The predicted octanol–water partition coefficient (Wildman–Crippen LogP) is 1.54. The van der Waals surface area contributed by atoms with Gasteiger partial charge in [0, 0.05) is 25.8 Å². The number of rotatable bonds is 4. The summed E-state index contributed by atoms with van der Waals surface area (Å²) in [6, 6.07) is 1.98. The van der Waals surface area contributed by atoms with E-state index in [0.29, 0.717) is 25.4 Å². The highest BCUT2D eigenvalue weighted by Gasteiger charge is 2.56. The Morgan fingerprint density at radius 1 is 1.63 bits per heavy atom. The lowest BCUT2D eigenvalue weighted by molar-refractivity contribution is -0.153. The molecule has 1 aromatic heterocycles. The van der Waals surface area contributed by atoms with Gasteiger partial charge in [-0.2, -0.15) is 5.10 Å². The molecule has 2 fully saturated rings. The zero-order chi connectivity index (χ0) is 13.6. The minimum absolute atomic E-state index is 0.125. The van der Waals surface area contributed by atoms with Gasteiger partial charge in [0.2, 0.25) is 0 Å². The summed E-state index contributed by atoms with van der Waals surface area (Å²) >= 11 is 0. The molecule has 2 aliphatic rings. The van der Waals surface area contributed by atoms with Crippen LogP contribution in [0.4, 0.5) is 0 Å². The van der Waals surface area contributed by atoms with E-state index in [-0.39, 0.29) is 6.10 Å². The molecule has 1 saturated heterocycles. The molecule has 0 spiro atoms. The summed E-state index contributed by atoms with van der Waals surface area (Å²) in [5.41, 5.74) is 1.15. The van der Waals surface area contributed by atoms with E-state index in [2.05, 4.69) is 5.10 Å². The van der Waals surface area contributed by atoms with E-state index in [9.17, 15) is 9.90 Å². The minimum atomic E-state index is -0.762. The third-order valence-corrected chi connectivity index (χ3v) is 4.46. The van der Waals surface area contributed by atoms with Gasteiger partial charge < -0.3 is 9.84 Å². The normalized spacial score (nSPS) is 30.7. The van der Waals surface area contributed by atoms with Gasteiger partial charge >= 0.3 is 5.97 Å². The molecule has 5 heteroatoms. The van der Waals surface area contributed by atoms with Crippen LogP contribution in [-0.4, -0.2) is 33.6 Å². The number of carboxylic acid groups (broad SMARTS) is 1. The van der Waals surface area contributed by atoms with E-state index in [0.717, 1.165) is 24.2 Å². The van der Waals surface area contributed by atoms with Gasteiger partial charge in [-0.3, -0.25) is 9.48 Å². The second-order valence-corrected chi connectivity index (χ2v) is 5.92. The summed E-state index contributed by atoms with van der Waals surface area (Å²) in [5, 5.41) is 14.1. The fraction of sp³-hybridized carbons (Fsp3) is 0.714. The molecule has 5 nitrogen and oxygen atoms in total. The van der Waals surface area contributed by atoms with Crippen molar-refractivity contribution in [2.24, 2.45) is 18.4 Å². The quantitative estimate of drug-likeness (QED) is 0.896. The van der Waals surface area contributed by atoms with Gasteiger partial charge in [0.05, 0.1) is 11.8 Å². The first kappa shape index (κ1) is 12.7. The van der Waals surface area contributed by atoms with Crippen molar-refractivity contribution in [1.29, 1.82) is 0 Å². The van der Waals surface area contributed by atoms with Gasteiger partial charge in [-0.05, 0) is 38.2 Å². The molecule has 1 aromatic rings. The summed E-state index contributed by atoms with van der Waals surface area (Å²) < 4.78 is 7.56. The Kier molecular flexibility index (Phi) is 2.89. The highest BCUT2D eigenvalue weighted by Crippen LogP contribution is 2.49. The van der Waals surface area contributed by atoms with Crippen LogP contribution in [-0.2, 0) is 23.0 Å². The lowest BCUT2D eigenvalue weighted by Crippen LogP contribution is -2.42. The van der Waals surface area contributed by atoms with E-state index in [1.165, 1.54) is 0 Å². The van der Waals surface area contributed by atoms with Crippen molar-refractivity contribution in [1.82, 2.24) is 9.78 Å². The third kappa shape index (κ3) is 2.06. The van der Waals surface area contributed by atoms with Crippen LogP contribution in [0.5, 0.6) is 0 Å². The van der Waals surface area contributed by atoms with Crippen LogP contribution in [0.3, 0.4) is 0 Å². The first-order valence-electron chi connectivity index (χ1n) is 6.87. The third-order valence-electron chi connectivity index (χ3n) is 4.46. The lowest BCUT2D eigenvalue weighted by atomic mass is 9.75. The number of nitrogens with zero attached hydrogens (tertiary/aromatic N) is 2. The fourth-order valence-electron chi connectivity index (χ4n) is 3.30. The maximum atomic E-state index is 11.9. The molecule has 1 saturated carbocycles. The molecule has 1 aliphatic heterocycles. The molecule has 2 atom stereocenters. The minimum Gasteiger partial charge on any atom is -0.481 e. The van der Waals surface area contributed by atoms with E-state index in [1.54, 1.807) is 4.68 Å². The molecule has 0 bridgehead atoms. The van der Waals surface area contributed by atoms with Crippen LogP contribution in [0.15, 0.2) is 6.07 Å². The van der Waals surface area contributed by atoms with Gasteiger partial charge in [0.25, 0.3) is 0 Å². The van der Waals surface area contributed by atoms with E-state index >= 15 is 0 Å². The number of carbonyl (C=O) groups is 1. The Hall–Kier alpha value is -1.36. The number of aliphatic carboxylic acids is 1. The van der Waals surface area contributed by atoms with Crippen molar-refractivity contribution >= 4 is 5.97 Å². The Balaban J connectivity index is 1.92. The Morgan fingerprint density at radius 3 is 2.89 bits per heavy atom. The number of hydrogen-bond donors (Lipinski definition) is 1. The molecule has 0 radical (unpaired) electrons. The number of aryl methyl sites for hydroxylation is 2. The van der Waals surface area contributed by atoms with Gasteiger partial charge in [-0.15, -0.1) is 0 Å². The monoisotopic (exact) mass is 264 g/mol. The highest BCUT2D eigenvalue weighted by molar-refractivity contribution is 5.76. The van der Waals surface area contributed by atoms with Crippen molar-refractivity contribution in [2.75, 3.05) is 6.61 Å². The summed E-state index contributed by atoms with van der Waals surface area (Å²) in [5.74, 6) is -0.284. The van der Waals surface area contributed by atoms with Gasteiger partial charge in [-0.25, -0.2) is 0 Å².